The summed E-state index contributed by atoms with van der Waals surface area (Å²) in [5.41, 5.74) is 1.77. The van der Waals surface area contributed by atoms with Crippen LogP contribution in [0.1, 0.15) is 39.6 Å². The third-order valence-electron chi connectivity index (χ3n) is 7.15. The van der Waals surface area contributed by atoms with Crippen LogP contribution in [0.3, 0.4) is 0 Å². The Labute approximate surface area is 219 Å². The minimum Gasteiger partial charge on any atom is -0.360 e. The number of amides is 1. The molecule has 3 heterocycles. The van der Waals surface area contributed by atoms with Gasteiger partial charge in [0.15, 0.2) is 5.78 Å². The lowest BCUT2D eigenvalue weighted by Crippen LogP contribution is -2.51. The molecular weight excluding hydrogens is 514 g/mol. The molecular formula is C28H21ClF2N4O3. The zero-order valence-corrected chi connectivity index (χ0v) is 20.6. The lowest BCUT2D eigenvalue weighted by atomic mass is 9.90. The second kappa shape index (κ2) is 9.25. The number of Topliss-reactive ketones (excluding diaryl/α,β-unsaturated/α-hetero) is 1. The van der Waals surface area contributed by atoms with Crippen molar-refractivity contribution >= 4 is 45.2 Å². The molecule has 0 spiro atoms. The van der Waals surface area contributed by atoms with Crippen LogP contribution >= 0.6 is 11.6 Å². The number of hydrogen-bond acceptors (Lipinski definition) is 3. The normalized spacial score (nSPS) is 17.8. The minimum atomic E-state index is -1.06. The van der Waals surface area contributed by atoms with Crippen LogP contribution in [0.2, 0.25) is 5.02 Å². The van der Waals surface area contributed by atoms with Gasteiger partial charge in [-0.25, -0.2) is 13.6 Å². The Morgan fingerprint density at radius 1 is 0.974 bits per heavy atom. The van der Waals surface area contributed by atoms with Crippen molar-refractivity contribution in [1.82, 2.24) is 19.4 Å². The van der Waals surface area contributed by atoms with Crippen molar-refractivity contribution in [3.05, 3.63) is 105 Å². The number of hydrogen-bond donors (Lipinski definition) is 2. The smallest absolute Gasteiger partial charge is 0.326 e. The van der Waals surface area contributed by atoms with Gasteiger partial charge in [-0.05, 0) is 49.2 Å². The zero-order valence-electron chi connectivity index (χ0n) is 19.9. The molecule has 1 amide bonds. The average Bonchev–Trinajstić information content (AvgIpc) is 3.47. The molecule has 0 aliphatic carbocycles. The first-order chi connectivity index (χ1) is 18.3. The highest BCUT2D eigenvalue weighted by Gasteiger charge is 2.39. The Hall–Kier alpha value is -4.24. The van der Waals surface area contributed by atoms with Crippen LogP contribution in [0.25, 0.3) is 21.9 Å². The quantitative estimate of drug-likeness (QED) is 0.299. The Kier molecular flexibility index (Phi) is 5.87. The van der Waals surface area contributed by atoms with E-state index >= 15 is 0 Å². The van der Waals surface area contributed by atoms with Crippen molar-refractivity contribution < 1.29 is 18.4 Å². The highest BCUT2D eigenvalue weighted by Crippen LogP contribution is 2.33. The average molecular weight is 535 g/mol. The van der Waals surface area contributed by atoms with Gasteiger partial charge in [-0.2, -0.15) is 0 Å². The number of imidazole rings is 1. The molecule has 7 nitrogen and oxygen atoms in total. The van der Waals surface area contributed by atoms with Crippen molar-refractivity contribution in [1.29, 1.82) is 0 Å². The summed E-state index contributed by atoms with van der Waals surface area (Å²) in [6.07, 6.45) is 2.05. The maximum absolute atomic E-state index is 14.0. The number of nitrogens with one attached hydrogen (secondary N) is 2. The van der Waals surface area contributed by atoms with Gasteiger partial charge in [-0.3, -0.25) is 14.2 Å². The summed E-state index contributed by atoms with van der Waals surface area (Å²) in [5, 5.41) is 1.14. The van der Waals surface area contributed by atoms with E-state index in [1.165, 1.54) is 4.90 Å². The summed E-state index contributed by atoms with van der Waals surface area (Å²) in [5.74, 6) is -2.77. The van der Waals surface area contributed by atoms with Crippen LogP contribution in [0.4, 0.5) is 8.78 Å². The van der Waals surface area contributed by atoms with E-state index in [4.69, 9.17) is 11.6 Å². The number of para-hydroxylation sites is 1. The van der Waals surface area contributed by atoms with Crippen molar-refractivity contribution in [3.8, 4) is 0 Å². The molecule has 1 aliphatic heterocycles. The molecule has 2 unspecified atom stereocenters. The van der Waals surface area contributed by atoms with Crippen LogP contribution in [-0.4, -0.2) is 43.7 Å². The van der Waals surface area contributed by atoms with E-state index in [1.807, 2.05) is 18.2 Å². The molecule has 1 saturated heterocycles. The Balaban J connectivity index is 1.42. The number of likely N-dealkylation sites (tertiary alicyclic amines) is 1. The number of benzene rings is 3. The van der Waals surface area contributed by atoms with E-state index in [0.717, 1.165) is 17.6 Å². The topological polar surface area (TPSA) is 91.0 Å². The number of H-pyrrole nitrogens is 2. The largest absolute Gasteiger partial charge is 0.360 e. The number of aromatic nitrogens is 3. The van der Waals surface area contributed by atoms with Crippen molar-refractivity contribution in [2.45, 2.75) is 24.9 Å². The Morgan fingerprint density at radius 3 is 2.53 bits per heavy atom. The number of carbonyl (C=O) groups excluding carboxylic acids is 2. The first-order valence-electron chi connectivity index (χ1n) is 12.1. The molecule has 0 radical (unpaired) electrons. The first-order valence-corrected chi connectivity index (χ1v) is 12.4. The molecule has 38 heavy (non-hydrogen) atoms. The number of piperidine rings is 1. The summed E-state index contributed by atoms with van der Waals surface area (Å²) in [7, 11) is 0. The van der Waals surface area contributed by atoms with Crippen molar-refractivity contribution in [2.75, 3.05) is 6.54 Å². The van der Waals surface area contributed by atoms with Crippen molar-refractivity contribution in [2.24, 2.45) is 0 Å². The van der Waals surface area contributed by atoms with Gasteiger partial charge < -0.3 is 14.9 Å². The SMILES string of the molecule is O=C(c1cc(F)cc(F)c1)C1CC(n2c(=O)[nH]c3ccc(Cl)cc32)CCN1C(=O)c1c[nH]c2ccccc12. The molecule has 6 rings (SSSR count). The van der Waals surface area contributed by atoms with Crippen molar-refractivity contribution in [3.63, 3.8) is 0 Å². The highest BCUT2D eigenvalue weighted by molar-refractivity contribution is 6.31. The van der Waals surface area contributed by atoms with Crippen LogP contribution in [0.15, 0.2) is 71.7 Å². The molecule has 1 aliphatic rings. The fourth-order valence-corrected chi connectivity index (χ4v) is 5.59. The van der Waals surface area contributed by atoms with Gasteiger partial charge in [-0.15, -0.1) is 0 Å². The van der Waals surface area contributed by atoms with E-state index in [-0.39, 0.29) is 30.1 Å². The van der Waals surface area contributed by atoms with Crippen LogP contribution < -0.4 is 5.69 Å². The summed E-state index contributed by atoms with van der Waals surface area (Å²) in [6.45, 7) is 0.150. The monoisotopic (exact) mass is 534 g/mol. The molecule has 0 bridgehead atoms. The fourth-order valence-electron chi connectivity index (χ4n) is 5.42. The van der Waals surface area contributed by atoms with Gasteiger partial charge in [0.05, 0.1) is 22.6 Å². The summed E-state index contributed by atoms with van der Waals surface area (Å²) in [6, 6.07) is 13.4. The molecule has 1 fully saturated rings. The second-order valence-corrected chi connectivity index (χ2v) is 9.86. The number of nitrogens with zero attached hydrogens (tertiary/aromatic N) is 2. The Morgan fingerprint density at radius 2 is 1.74 bits per heavy atom. The maximum atomic E-state index is 14.0. The molecule has 10 heteroatoms. The lowest BCUT2D eigenvalue weighted by molar-refractivity contribution is 0.0497. The van der Waals surface area contributed by atoms with E-state index in [9.17, 15) is 23.2 Å². The number of ketones is 1. The summed E-state index contributed by atoms with van der Waals surface area (Å²) >= 11 is 6.19. The third-order valence-corrected chi connectivity index (χ3v) is 7.38. The number of halogens is 3. The van der Waals surface area contributed by atoms with Gasteiger partial charge in [0.2, 0.25) is 0 Å². The number of carbonyl (C=O) groups is 2. The molecule has 2 aromatic heterocycles. The van der Waals surface area contributed by atoms with E-state index < -0.39 is 29.5 Å². The van der Waals surface area contributed by atoms with Gasteiger partial charge in [0.25, 0.3) is 5.91 Å². The van der Waals surface area contributed by atoms with E-state index in [2.05, 4.69) is 9.97 Å². The number of aromatic amines is 2. The summed E-state index contributed by atoms with van der Waals surface area (Å²) < 4.78 is 29.6. The van der Waals surface area contributed by atoms with Crippen LogP contribution in [0, 0.1) is 11.6 Å². The standard InChI is InChI=1S/C28H21ClF2N4O3/c29-16-5-6-23-24(11-16)35(28(38)33-23)19-7-8-34(27(37)21-14-32-22-4-2-1-3-20(21)22)25(13-19)26(36)15-9-17(30)12-18(31)10-15/h1-6,9-12,14,19,25,32H,7-8,13H2,(H,33,38). The predicted octanol–water partition coefficient (Wildman–Crippen LogP) is 5.47. The molecule has 192 valence electrons. The molecule has 0 saturated carbocycles. The van der Waals surface area contributed by atoms with E-state index in [0.29, 0.717) is 39.5 Å². The molecule has 2 N–H and O–H groups in total. The molecule has 3 aromatic carbocycles. The highest BCUT2D eigenvalue weighted by atomic mass is 35.5. The van der Waals surface area contributed by atoms with Crippen LogP contribution in [-0.2, 0) is 0 Å². The van der Waals surface area contributed by atoms with Gasteiger partial charge >= 0.3 is 5.69 Å². The number of rotatable bonds is 4. The zero-order chi connectivity index (χ0) is 26.6. The second-order valence-electron chi connectivity index (χ2n) is 9.42. The lowest BCUT2D eigenvalue weighted by Gasteiger charge is -2.39. The number of fused-ring (bicyclic) bond motifs is 2. The molecule has 5 aromatic rings. The third kappa shape index (κ3) is 4.09. The first kappa shape index (κ1) is 24.1. The summed E-state index contributed by atoms with van der Waals surface area (Å²) in [4.78, 5) is 47.7. The fraction of sp³-hybridized carbons (Fsp3) is 0.179. The predicted molar refractivity (Wildman–Crippen MR) is 140 cm³/mol. The Bertz CT molecular complexity index is 1770. The van der Waals surface area contributed by atoms with E-state index in [1.54, 1.807) is 35.0 Å². The van der Waals surface area contributed by atoms with Gasteiger partial charge in [0.1, 0.15) is 11.6 Å². The van der Waals surface area contributed by atoms with Gasteiger partial charge in [0, 0.05) is 46.3 Å². The van der Waals surface area contributed by atoms with Gasteiger partial charge in [-0.1, -0.05) is 29.8 Å². The minimum absolute atomic E-state index is 0.0738. The van der Waals surface area contributed by atoms with Crippen LogP contribution in [0.5, 0.6) is 0 Å². The molecule has 2 atom stereocenters. The maximum Gasteiger partial charge on any atom is 0.326 e.